The van der Waals surface area contributed by atoms with E-state index in [4.69, 9.17) is 20.1 Å². The van der Waals surface area contributed by atoms with Crippen molar-refractivity contribution < 1.29 is 13.9 Å². The highest BCUT2D eigenvalue weighted by Crippen LogP contribution is 2.27. The number of benzene rings is 1. The molecule has 2 aromatic heterocycles. The minimum atomic E-state index is -0.595. The molecule has 0 amide bonds. The predicted octanol–water partition coefficient (Wildman–Crippen LogP) is 2.77. The number of methoxy groups -OCH3 is 1. The summed E-state index contributed by atoms with van der Waals surface area (Å²) >= 11 is 0. The third kappa shape index (κ3) is 2.00. The fourth-order valence-corrected chi connectivity index (χ4v) is 2.43. The van der Waals surface area contributed by atoms with Gasteiger partial charge in [0, 0.05) is 17.3 Å². The molecule has 0 unspecified atom stereocenters. The second-order valence-corrected chi connectivity index (χ2v) is 4.86. The number of furan rings is 1. The standard InChI is InChI=1S/C16H13N3O3/c1-9-5-10-6-12(3-4-13(10)22-9)19-8-11(7-17)14(18)15(19)16(20)21-2/h3-6,8H,18H2,1-2H3. The summed E-state index contributed by atoms with van der Waals surface area (Å²) in [5, 5.41) is 10.0. The Morgan fingerprint density at radius 3 is 2.86 bits per heavy atom. The molecule has 0 fully saturated rings. The van der Waals surface area contributed by atoms with Gasteiger partial charge in [0.05, 0.1) is 18.4 Å². The molecule has 6 heteroatoms. The van der Waals surface area contributed by atoms with Gasteiger partial charge in [0.2, 0.25) is 0 Å². The van der Waals surface area contributed by atoms with Crippen molar-refractivity contribution in [1.82, 2.24) is 4.57 Å². The molecule has 0 bridgehead atoms. The van der Waals surface area contributed by atoms with Crippen LogP contribution in [0, 0.1) is 18.3 Å². The van der Waals surface area contributed by atoms with E-state index in [0.29, 0.717) is 5.69 Å². The van der Waals surface area contributed by atoms with E-state index in [1.165, 1.54) is 13.3 Å². The highest BCUT2D eigenvalue weighted by molar-refractivity contribution is 5.96. The van der Waals surface area contributed by atoms with Crippen LogP contribution in [0.2, 0.25) is 0 Å². The summed E-state index contributed by atoms with van der Waals surface area (Å²) in [6.07, 6.45) is 1.52. The van der Waals surface area contributed by atoms with Crippen LogP contribution in [0.15, 0.2) is 34.9 Å². The Kier molecular flexibility index (Phi) is 3.11. The van der Waals surface area contributed by atoms with Gasteiger partial charge < -0.3 is 19.5 Å². The summed E-state index contributed by atoms with van der Waals surface area (Å²) in [5.41, 5.74) is 7.80. The SMILES string of the molecule is COC(=O)c1c(N)c(C#N)cn1-c1ccc2oc(C)cc2c1. The summed E-state index contributed by atoms with van der Waals surface area (Å²) in [5.74, 6) is 0.201. The van der Waals surface area contributed by atoms with E-state index in [2.05, 4.69) is 0 Å². The number of esters is 1. The summed E-state index contributed by atoms with van der Waals surface area (Å²) in [6, 6.07) is 9.33. The molecule has 0 radical (unpaired) electrons. The number of carbonyl (C=O) groups excluding carboxylic acids is 1. The zero-order valence-corrected chi connectivity index (χ0v) is 12.1. The number of nitrogens with zero attached hydrogens (tertiary/aromatic N) is 2. The van der Waals surface area contributed by atoms with E-state index in [1.807, 2.05) is 25.1 Å². The van der Waals surface area contributed by atoms with Crippen molar-refractivity contribution in [1.29, 1.82) is 5.26 Å². The molecule has 110 valence electrons. The molecule has 0 atom stereocenters. The Balaban J connectivity index is 2.25. The van der Waals surface area contributed by atoms with Crippen molar-refractivity contribution in [2.75, 3.05) is 12.8 Å². The quantitative estimate of drug-likeness (QED) is 0.733. The number of hydrogen-bond donors (Lipinski definition) is 1. The Bertz CT molecular complexity index is 928. The minimum absolute atomic E-state index is 0.109. The lowest BCUT2D eigenvalue weighted by molar-refractivity contribution is 0.0593. The summed E-state index contributed by atoms with van der Waals surface area (Å²) < 4.78 is 11.8. The first-order chi connectivity index (χ1) is 10.5. The van der Waals surface area contributed by atoms with Crippen molar-refractivity contribution in [3.63, 3.8) is 0 Å². The monoisotopic (exact) mass is 295 g/mol. The second-order valence-electron chi connectivity index (χ2n) is 4.86. The van der Waals surface area contributed by atoms with Crippen molar-refractivity contribution >= 4 is 22.6 Å². The van der Waals surface area contributed by atoms with Crippen LogP contribution in [0.4, 0.5) is 5.69 Å². The van der Waals surface area contributed by atoms with Gasteiger partial charge in [-0.1, -0.05) is 0 Å². The number of anilines is 1. The van der Waals surface area contributed by atoms with Crippen LogP contribution >= 0.6 is 0 Å². The molecule has 0 saturated heterocycles. The first-order valence-electron chi connectivity index (χ1n) is 6.55. The molecular weight excluding hydrogens is 282 g/mol. The molecule has 3 rings (SSSR count). The van der Waals surface area contributed by atoms with Crippen molar-refractivity contribution in [3.8, 4) is 11.8 Å². The number of aryl methyl sites for hydroxylation is 1. The first-order valence-corrected chi connectivity index (χ1v) is 6.55. The van der Waals surface area contributed by atoms with E-state index in [-0.39, 0.29) is 16.9 Å². The second kappa shape index (κ2) is 4.97. The van der Waals surface area contributed by atoms with Crippen LogP contribution in [-0.2, 0) is 4.74 Å². The number of rotatable bonds is 2. The lowest BCUT2D eigenvalue weighted by atomic mass is 10.2. The van der Waals surface area contributed by atoms with Crippen LogP contribution < -0.4 is 5.73 Å². The van der Waals surface area contributed by atoms with Gasteiger partial charge in [0.1, 0.15) is 17.4 Å². The molecule has 2 heterocycles. The van der Waals surface area contributed by atoms with Crippen LogP contribution in [0.25, 0.3) is 16.7 Å². The van der Waals surface area contributed by atoms with Crippen molar-refractivity contribution in [3.05, 3.63) is 47.5 Å². The highest BCUT2D eigenvalue weighted by atomic mass is 16.5. The molecule has 0 aliphatic heterocycles. The number of aromatic nitrogens is 1. The van der Waals surface area contributed by atoms with E-state index >= 15 is 0 Å². The zero-order valence-electron chi connectivity index (χ0n) is 12.1. The maximum atomic E-state index is 12.0. The summed E-state index contributed by atoms with van der Waals surface area (Å²) in [4.78, 5) is 12.0. The molecule has 0 saturated carbocycles. The summed E-state index contributed by atoms with van der Waals surface area (Å²) in [7, 11) is 1.27. The molecule has 22 heavy (non-hydrogen) atoms. The van der Waals surface area contributed by atoms with Crippen LogP contribution in [0.5, 0.6) is 0 Å². The van der Waals surface area contributed by atoms with Crippen LogP contribution in [0.3, 0.4) is 0 Å². The zero-order chi connectivity index (χ0) is 15.9. The van der Waals surface area contributed by atoms with E-state index < -0.39 is 5.97 Å². The fourth-order valence-electron chi connectivity index (χ4n) is 2.43. The van der Waals surface area contributed by atoms with Gasteiger partial charge in [-0.05, 0) is 31.2 Å². The normalized spacial score (nSPS) is 10.6. The van der Waals surface area contributed by atoms with Crippen molar-refractivity contribution in [2.24, 2.45) is 0 Å². The molecule has 6 nitrogen and oxygen atoms in total. The van der Waals surface area contributed by atoms with Crippen LogP contribution in [0.1, 0.15) is 21.8 Å². The third-order valence-electron chi connectivity index (χ3n) is 3.44. The topological polar surface area (TPSA) is 94.2 Å². The number of fused-ring (bicyclic) bond motifs is 1. The molecule has 2 N–H and O–H groups in total. The van der Waals surface area contributed by atoms with Gasteiger partial charge in [0.25, 0.3) is 0 Å². The van der Waals surface area contributed by atoms with Gasteiger partial charge in [-0.3, -0.25) is 0 Å². The Labute approximate surface area is 126 Å². The number of nitriles is 1. The van der Waals surface area contributed by atoms with Gasteiger partial charge in [-0.15, -0.1) is 0 Å². The minimum Gasteiger partial charge on any atom is -0.464 e. The highest BCUT2D eigenvalue weighted by Gasteiger charge is 2.21. The number of ether oxygens (including phenoxy) is 1. The molecule has 0 spiro atoms. The van der Waals surface area contributed by atoms with E-state index in [0.717, 1.165) is 16.7 Å². The maximum absolute atomic E-state index is 12.0. The smallest absolute Gasteiger partial charge is 0.357 e. The Hall–Kier alpha value is -3.20. The molecule has 0 aliphatic rings. The molecule has 3 aromatic rings. The molecular formula is C16H13N3O3. The Morgan fingerprint density at radius 1 is 1.41 bits per heavy atom. The van der Waals surface area contributed by atoms with Crippen molar-refractivity contribution in [2.45, 2.75) is 6.92 Å². The summed E-state index contributed by atoms with van der Waals surface area (Å²) in [6.45, 7) is 1.86. The largest absolute Gasteiger partial charge is 0.464 e. The third-order valence-corrected chi connectivity index (χ3v) is 3.44. The van der Waals surface area contributed by atoms with Gasteiger partial charge in [-0.25, -0.2) is 4.79 Å². The number of nitrogen functional groups attached to an aromatic ring is 1. The molecule has 0 aliphatic carbocycles. The lowest BCUT2D eigenvalue weighted by Gasteiger charge is -2.08. The lowest BCUT2D eigenvalue weighted by Crippen LogP contribution is -2.11. The fraction of sp³-hybridized carbons (Fsp3) is 0.125. The van der Waals surface area contributed by atoms with E-state index in [9.17, 15) is 4.79 Å². The predicted molar refractivity (Wildman–Crippen MR) is 80.7 cm³/mol. The number of nitrogens with two attached hydrogens (primary N) is 1. The van der Waals surface area contributed by atoms with E-state index in [1.54, 1.807) is 16.7 Å². The maximum Gasteiger partial charge on any atom is 0.357 e. The molecule has 1 aromatic carbocycles. The van der Waals surface area contributed by atoms with Gasteiger partial charge >= 0.3 is 5.97 Å². The van der Waals surface area contributed by atoms with Gasteiger partial charge in [-0.2, -0.15) is 5.26 Å². The average Bonchev–Trinajstić information content (AvgIpc) is 3.04. The Morgan fingerprint density at radius 2 is 2.18 bits per heavy atom. The number of hydrogen-bond acceptors (Lipinski definition) is 5. The van der Waals surface area contributed by atoms with Gasteiger partial charge in [0.15, 0.2) is 5.69 Å². The van der Waals surface area contributed by atoms with Crippen LogP contribution in [-0.4, -0.2) is 17.6 Å². The first kappa shape index (κ1) is 13.8. The average molecular weight is 295 g/mol. The number of carbonyl (C=O) groups is 1.